The van der Waals surface area contributed by atoms with Crippen LogP contribution in [0, 0.1) is 0 Å². The lowest BCUT2D eigenvalue weighted by molar-refractivity contribution is -0.143. The number of benzene rings is 1. The van der Waals surface area contributed by atoms with Crippen molar-refractivity contribution in [2.75, 3.05) is 26.7 Å². The number of unbranched alkanes of at least 4 members (excludes halogenated alkanes) is 1. The summed E-state index contributed by atoms with van der Waals surface area (Å²) in [6.45, 7) is 1.18. The number of carbonyl (C=O) groups is 3. The fourth-order valence-corrected chi connectivity index (χ4v) is 3.71. The number of nitrogens with one attached hydrogen (secondary N) is 2. The van der Waals surface area contributed by atoms with Gasteiger partial charge in [0.25, 0.3) is 0 Å². The number of carbonyl (C=O) groups excluding carboxylic acids is 3. The summed E-state index contributed by atoms with van der Waals surface area (Å²) in [4.78, 5) is 39.2. The van der Waals surface area contributed by atoms with Crippen LogP contribution in [0.4, 0.5) is 0 Å². The molecule has 1 fully saturated rings. The van der Waals surface area contributed by atoms with Gasteiger partial charge in [-0.3, -0.25) is 9.59 Å². The monoisotopic (exact) mass is 374 g/mol. The van der Waals surface area contributed by atoms with Crippen molar-refractivity contribution in [1.29, 1.82) is 0 Å². The summed E-state index contributed by atoms with van der Waals surface area (Å²) >= 11 is 0. The van der Waals surface area contributed by atoms with Crippen LogP contribution in [0.25, 0.3) is 0 Å². The molecule has 0 aromatic heterocycles. The van der Waals surface area contributed by atoms with E-state index in [1.165, 1.54) is 0 Å². The van der Waals surface area contributed by atoms with Crippen molar-refractivity contribution in [3.63, 3.8) is 0 Å². The molecule has 1 aliphatic heterocycles. The minimum Gasteiger partial charge on any atom is -0.343 e. The zero-order valence-electron chi connectivity index (χ0n) is 15.9. The van der Waals surface area contributed by atoms with Crippen molar-refractivity contribution in [2.24, 2.45) is 5.73 Å². The molecular weight excluding hydrogens is 344 g/mol. The van der Waals surface area contributed by atoms with Crippen LogP contribution in [0.15, 0.2) is 30.3 Å². The molecule has 0 bridgehead atoms. The van der Waals surface area contributed by atoms with Crippen molar-refractivity contribution in [2.45, 2.75) is 43.7 Å². The van der Waals surface area contributed by atoms with Crippen LogP contribution < -0.4 is 16.4 Å². The molecule has 148 valence electrons. The van der Waals surface area contributed by atoms with Gasteiger partial charge in [0, 0.05) is 6.54 Å². The SMILES string of the molecule is CNCC(=O)N[C@@H](CCCCN)C(=O)N1CCC[C@]1(C=O)c1ccccc1. The number of amides is 2. The van der Waals surface area contributed by atoms with E-state index in [1.54, 1.807) is 11.9 Å². The van der Waals surface area contributed by atoms with Crippen molar-refractivity contribution < 1.29 is 14.4 Å². The van der Waals surface area contributed by atoms with Gasteiger partial charge in [-0.15, -0.1) is 0 Å². The van der Waals surface area contributed by atoms with Crippen molar-refractivity contribution in [3.05, 3.63) is 35.9 Å². The second-order valence-electron chi connectivity index (χ2n) is 6.94. The zero-order chi connectivity index (χ0) is 19.7. The van der Waals surface area contributed by atoms with Crippen molar-refractivity contribution in [1.82, 2.24) is 15.5 Å². The number of nitrogens with zero attached hydrogens (tertiary/aromatic N) is 1. The molecule has 0 radical (unpaired) electrons. The maximum Gasteiger partial charge on any atom is 0.246 e. The van der Waals surface area contributed by atoms with E-state index in [2.05, 4.69) is 10.6 Å². The summed E-state index contributed by atoms with van der Waals surface area (Å²) in [6.07, 6.45) is 4.24. The van der Waals surface area contributed by atoms with Gasteiger partial charge in [-0.2, -0.15) is 0 Å². The molecule has 1 aromatic carbocycles. The second-order valence-corrected chi connectivity index (χ2v) is 6.94. The topological polar surface area (TPSA) is 105 Å². The molecule has 4 N–H and O–H groups in total. The minimum absolute atomic E-state index is 0.137. The Labute approximate surface area is 160 Å². The Bertz CT molecular complexity index is 637. The van der Waals surface area contributed by atoms with Gasteiger partial charge in [-0.25, -0.2) is 0 Å². The zero-order valence-corrected chi connectivity index (χ0v) is 15.9. The highest BCUT2D eigenvalue weighted by Crippen LogP contribution is 2.37. The Morgan fingerprint density at radius 3 is 2.67 bits per heavy atom. The Balaban J connectivity index is 2.25. The highest BCUT2D eigenvalue weighted by Gasteiger charge is 2.46. The third kappa shape index (κ3) is 4.93. The van der Waals surface area contributed by atoms with E-state index in [0.717, 1.165) is 31.1 Å². The van der Waals surface area contributed by atoms with Gasteiger partial charge in [0.15, 0.2) is 0 Å². The van der Waals surface area contributed by atoms with Crippen LogP contribution in [-0.4, -0.2) is 55.7 Å². The number of nitrogens with two attached hydrogens (primary N) is 1. The minimum atomic E-state index is -0.960. The fraction of sp³-hybridized carbons (Fsp3) is 0.550. The number of likely N-dealkylation sites (tertiary alicyclic amines) is 1. The first-order valence-corrected chi connectivity index (χ1v) is 9.56. The summed E-state index contributed by atoms with van der Waals surface area (Å²) in [5.74, 6) is -0.441. The van der Waals surface area contributed by atoms with Crippen LogP contribution in [-0.2, 0) is 19.9 Å². The van der Waals surface area contributed by atoms with Crippen LogP contribution >= 0.6 is 0 Å². The fourth-order valence-electron chi connectivity index (χ4n) is 3.71. The van der Waals surface area contributed by atoms with Crippen LogP contribution in [0.5, 0.6) is 0 Å². The number of hydrogen-bond donors (Lipinski definition) is 3. The third-order valence-corrected chi connectivity index (χ3v) is 5.07. The predicted octanol–water partition coefficient (Wildman–Crippen LogP) is 0.536. The molecule has 0 spiro atoms. The standard InChI is InChI=1S/C20H30N4O3/c1-22-14-18(26)23-17(10-5-6-12-21)19(27)24-13-7-11-20(24,15-25)16-8-3-2-4-9-16/h2-4,8-9,15,17,22H,5-7,10-14,21H2,1H3,(H,23,26)/t17-,20-/m0/s1. The molecular formula is C20H30N4O3. The number of hydrogen-bond acceptors (Lipinski definition) is 5. The lowest BCUT2D eigenvalue weighted by Crippen LogP contribution is -2.55. The summed E-state index contributed by atoms with van der Waals surface area (Å²) in [5.41, 5.74) is 5.42. The molecule has 1 saturated heterocycles. The van der Waals surface area contributed by atoms with Crippen molar-refractivity contribution >= 4 is 18.1 Å². The summed E-state index contributed by atoms with van der Waals surface area (Å²) in [5, 5.41) is 5.61. The molecule has 7 heteroatoms. The Morgan fingerprint density at radius 2 is 2.04 bits per heavy atom. The number of rotatable bonds is 10. The van der Waals surface area contributed by atoms with E-state index in [-0.39, 0.29) is 18.4 Å². The van der Waals surface area contributed by atoms with Gasteiger partial charge in [0.2, 0.25) is 11.8 Å². The highest BCUT2D eigenvalue weighted by atomic mass is 16.2. The molecule has 2 amide bonds. The lowest BCUT2D eigenvalue weighted by atomic mass is 9.88. The van der Waals surface area contributed by atoms with Gasteiger partial charge in [0.05, 0.1) is 6.54 Å². The van der Waals surface area contributed by atoms with Crippen LogP contribution in [0.1, 0.15) is 37.7 Å². The average Bonchev–Trinajstić information content (AvgIpc) is 3.13. The lowest BCUT2D eigenvalue weighted by Gasteiger charge is -2.36. The molecule has 0 saturated carbocycles. The largest absolute Gasteiger partial charge is 0.343 e. The van der Waals surface area contributed by atoms with Crippen LogP contribution in [0.2, 0.25) is 0 Å². The Hall–Kier alpha value is -2.25. The molecule has 7 nitrogen and oxygen atoms in total. The Morgan fingerprint density at radius 1 is 1.30 bits per heavy atom. The van der Waals surface area contributed by atoms with Gasteiger partial charge in [0.1, 0.15) is 17.9 Å². The quantitative estimate of drug-likeness (QED) is 0.409. The van der Waals surface area contributed by atoms with E-state index in [1.807, 2.05) is 30.3 Å². The smallest absolute Gasteiger partial charge is 0.246 e. The first kappa shape index (κ1) is 21.1. The van der Waals surface area contributed by atoms with E-state index < -0.39 is 11.6 Å². The average molecular weight is 374 g/mol. The summed E-state index contributed by atoms with van der Waals surface area (Å²) in [6, 6.07) is 8.73. The first-order valence-electron chi connectivity index (χ1n) is 9.56. The molecule has 2 atom stereocenters. The predicted molar refractivity (Wildman–Crippen MR) is 104 cm³/mol. The maximum absolute atomic E-state index is 13.3. The number of likely N-dealkylation sites (N-methyl/N-ethyl adjacent to an activating group) is 1. The molecule has 1 aromatic rings. The van der Waals surface area contributed by atoms with E-state index >= 15 is 0 Å². The highest BCUT2D eigenvalue weighted by molar-refractivity contribution is 5.91. The van der Waals surface area contributed by atoms with Gasteiger partial charge < -0.3 is 26.1 Å². The van der Waals surface area contributed by atoms with E-state index in [4.69, 9.17) is 5.73 Å². The molecule has 1 aliphatic rings. The number of aldehydes is 1. The first-order chi connectivity index (χ1) is 13.1. The second kappa shape index (κ2) is 10.2. The molecule has 0 unspecified atom stereocenters. The molecule has 0 aliphatic carbocycles. The summed E-state index contributed by atoms with van der Waals surface area (Å²) in [7, 11) is 1.68. The summed E-state index contributed by atoms with van der Waals surface area (Å²) < 4.78 is 0. The van der Waals surface area contributed by atoms with Gasteiger partial charge >= 0.3 is 0 Å². The molecule has 2 rings (SSSR count). The molecule has 27 heavy (non-hydrogen) atoms. The van der Waals surface area contributed by atoms with Gasteiger partial charge in [-0.05, 0) is 51.3 Å². The normalized spacial score (nSPS) is 20.3. The molecule has 1 heterocycles. The van der Waals surface area contributed by atoms with E-state index in [9.17, 15) is 14.4 Å². The van der Waals surface area contributed by atoms with E-state index in [0.29, 0.717) is 25.9 Å². The van der Waals surface area contributed by atoms with Gasteiger partial charge in [-0.1, -0.05) is 30.3 Å². The maximum atomic E-state index is 13.3. The van der Waals surface area contributed by atoms with Crippen LogP contribution in [0.3, 0.4) is 0 Å². The van der Waals surface area contributed by atoms with Crippen molar-refractivity contribution in [3.8, 4) is 0 Å². The Kier molecular flexibility index (Phi) is 7.94. The third-order valence-electron chi connectivity index (χ3n) is 5.07.